The Balaban J connectivity index is 1.62. The smallest absolute Gasteiger partial charge is 0.417 e. The average Bonchev–Trinajstić information content (AvgIpc) is 2.95. The molecule has 43 heavy (non-hydrogen) atoms. The minimum absolute atomic E-state index is 0.0755. The van der Waals surface area contributed by atoms with Gasteiger partial charge in [0.05, 0.1) is 22.1 Å². The van der Waals surface area contributed by atoms with Crippen molar-refractivity contribution in [2.24, 2.45) is 0 Å². The van der Waals surface area contributed by atoms with Crippen molar-refractivity contribution in [3.63, 3.8) is 0 Å². The van der Waals surface area contributed by atoms with Gasteiger partial charge in [-0.15, -0.1) is 0 Å². The van der Waals surface area contributed by atoms with E-state index in [1.165, 1.54) is 12.1 Å². The second kappa shape index (κ2) is 13.9. The first-order valence-corrected chi connectivity index (χ1v) is 15.9. The topological polar surface area (TPSA) is 46.6 Å². The van der Waals surface area contributed by atoms with E-state index in [1.807, 2.05) is 67.6 Å². The van der Waals surface area contributed by atoms with Gasteiger partial charge in [0, 0.05) is 37.4 Å². The van der Waals surface area contributed by atoms with Crippen LogP contribution in [0.4, 0.5) is 17.6 Å². The van der Waals surface area contributed by atoms with E-state index in [1.54, 1.807) is 6.07 Å². The quantitative estimate of drug-likeness (QED) is 0.147. The van der Waals surface area contributed by atoms with Crippen molar-refractivity contribution in [2.45, 2.75) is 42.9 Å². The van der Waals surface area contributed by atoms with Crippen LogP contribution >= 0.6 is 11.6 Å². The SMILES string of the molecule is C[C@@H](CCOc1cc(F)cc(S(C)(=O)=O)c1)N(Cc1cccc(C(F)(F)F)c1Cl)CC(c1ccccc1)c1ccccc1. The Morgan fingerprint density at radius 1 is 0.884 bits per heavy atom. The minimum atomic E-state index is -4.59. The van der Waals surface area contributed by atoms with E-state index < -0.39 is 27.4 Å². The molecule has 228 valence electrons. The van der Waals surface area contributed by atoms with Crippen molar-refractivity contribution in [3.05, 3.63) is 130 Å². The van der Waals surface area contributed by atoms with E-state index >= 15 is 0 Å². The molecule has 4 nitrogen and oxygen atoms in total. The number of ether oxygens (including phenoxy) is 1. The zero-order valence-corrected chi connectivity index (χ0v) is 25.3. The molecule has 0 bridgehead atoms. The normalized spacial score (nSPS) is 13.0. The van der Waals surface area contributed by atoms with E-state index in [0.29, 0.717) is 18.5 Å². The fourth-order valence-corrected chi connectivity index (χ4v) is 5.86. The molecule has 4 aromatic rings. The number of sulfone groups is 1. The molecule has 0 aliphatic carbocycles. The molecule has 4 rings (SSSR count). The number of halogens is 5. The van der Waals surface area contributed by atoms with Crippen molar-refractivity contribution in [1.82, 2.24) is 4.90 Å². The lowest BCUT2D eigenvalue weighted by Gasteiger charge is -2.34. The van der Waals surface area contributed by atoms with Crippen LogP contribution in [-0.4, -0.2) is 38.8 Å². The average molecular weight is 634 g/mol. The van der Waals surface area contributed by atoms with Crippen molar-refractivity contribution < 1.29 is 30.7 Å². The van der Waals surface area contributed by atoms with Crippen LogP contribution in [0.5, 0.6) is 5.75 Å². The summed E-state index contributed by atoms with van der Waals surface area (Å²) in [6, 6.07) is 26.7. The van der Waals surface area contributed by atoms with E-state index in [4.69, 9.17) is 16.3 Å². The molecule has 1 atom stereocenters. The van der Waals surface area contributed by atoms with Gasteiger partial charge in [0.2, 0.25) is 0 Å². The molecule has 10 heteroatoms. The van der Waals surface area contributed by atoms with Crippen molar-refractivity contribution in [2.75, 3.05) is 19.4 Å². The molecule has 4 aromatic carbocycles. The molecule has 0 aliphatic heterocycles. The third-order valence-electron chi connectivity index (χ3n) is 7.28. The summed E-state index contributed by atoms with van der Waals surface area (Å²) in [7, 11) is -3.64. The molecule has 0 fully saturated rings. The van der Waals surface area contributed by atoms with Gasteiger partial charge in [-0.25, -0.2) is 12.8 Å². The Morgan fingerprint density at radius 2 is 1.49 bits per heavy atom. The minimum Gasteiger partial charge on any atom is -0.493 e. The summed E-state index contributed by atoms with van der Waals surface area (Å²) in [4.78, 5) is 1.87. The molecule has 0 radical (unpaired) electrons. The fourth-order valence-electron chi connectivity index (χ4n) is 4.91. The first-order chi connectivity index (χ1) is 20.3. The van der Waals surface area contributed by atoms with Gasteiger partial charge in [0.25, 0.3) is 0 Å². The molecule has 0 unspecified atom stereocenters. The van der Waals surface area contributed by atoms with Gasteiger partial charge in [-0.1, -0.05) is 84.4 Å². The molecule has 0 spiro atoms. The number of nitrogens with zero attached hydrogens (tertiary/aromatic N) is 1. The van der Waals surface area contributed by atoms with E-state index in [2.05, 4.69) is 4.90 Å². The van der Waals surface area contributed by atoms with Crippen LogP contribution in [0.2, 0.25) is 5.02 Å². The first kappa shape index (κ1) is 32.5. The summed E-state index contributed by atoms with van der Waals surface area (Å²) in [5, 5.41) is -0.340. The van der Waals surface area contributed by atoms with Crippen LogP contribution in [0.25, 0.3) is 0 Å². The number of rotatable bonds is 12. The van der Waals surface area contributed by atoms with Gasteiger partial charge < -0.3 is 4.74 Å². The number of hydrogen-bond acceptors (Lipinski definition) is 4. The summed E-state index contributed by atoms with van der Waals surface area (Å²) in [6.45, 7) is 2.64. The Labute approximate surface area is 254 Å². The van der Waals surface area contributed by atoms with Crippen molar-refractivity contribution >= 4 is 21.4 Å². The molecule has 0 aromatic heterocycles. The maximum absolute atomic E-state index is 14.1. The highest BCUT2D eigenvalue weighted by Gasteiger charge is 2.34. The third-order valence-corrected chi connectivity index (χ3v) is 8.82. The Kier molecular flexibility index (Phi) is 10.5. The molecular weight excluding hydrogens is 602 g/mol. The second-order valence-electron chi connectivity index (χ2n) is 10.5. The van der Waals surface area contributed by atoms with Gasteiger partial charge in [0.15, 0.2) is 9.84 Å². The predicted molar refractivity (Wildman–Crippen MR) is 161 cm³/mol. The molecule has 0 N–H and O–H groups in total. The summed E-state index contributed by atoms with van der Waals surface area (Å²) < 4.78 is 84.7. The third kappa shape index (κ3) is 8.81. The van der Waals surface area contributed by atoms with Gasteiger partial charge in [-0.05, 0) is 48.2 Å². The largest absolute Gasteiger partial charge is 0.493 e. The Hall–Kier alpha value is -3.40. The van der Waals surface area contributed by atoms with Gasteiger partial charge >= 0.3 is 6.18 Å². The number of hydrogen-bond donors (Lipinski definition) is 0. The zero-order chi connectivity index (χ0) is 31.2. The second-order valence-corrected chi connectivity index (χ2v) is 12.9. The van der Waals surface area contributed by atoms with Crippen LogP contribution < -0.4 is 4.74 Å². The van der Waals surface area contributed by atoms with Gasteiger partial charge in [-0.2, -0.15) is 13.2 Å². The van der Waals surface area contributed by atoms with Crippen LogP contribution in [0, 0.1) is 5.82 Å². The molecule has 0 heterocycles. The molecule has 0 saturated carbocycles. The lowest BCUT2D eigenvalue weighted by atomic mass is 9.90. The van der Waals surface area contributed by atoms with Crippen LogP contribution in [-0.2, 0) is 22.6 Å². The summed E-state index contributed by atoms with van der Waals surface area (Å²) >= 11 is 6.31. The standard InChI is InChI=1S/C33H32ClF4NO3S/c1-23(16-17-42-28-18-27(35)19-29(20-28)43(2,40)41)39(21-26-14-9-15-31(32(26)34)33(36,37)38)22-30(24-10-5-3-6-11-24)25-12-7-4-8-13-25/h3-15,18-20,23,30H,16-17,21-22H2,1-2H3/t23-/m0/s1. The molecule has 0 amide bonds. The highest BCUT2D eigenvalue weighted by Crippen LogP contribution is 2.37. The lowest BCUT2D eigenvalue weighted by molar-refractivity contribution is -0.137. The van der Waals surface area contributed by atoms with Crippen molar-refractivity contribution in [1.29, 1.82) is 0 Å². The predicted octanol–water partition coefficient (Wildman–Crippen LogP) is 8.39. The van der Waals surface area contributed by atoms with Crippen LogP contribution in [0.15, 0.2) is 102 Å². The number of benzene rings is 4. The number of alkyl halides is 3. The highest BCUT2D eigenvalue weighted by molar-refractivity contribution is 7.90. The zero-order valence-electron chi connectivity index (χ0n) is 23.7. The van der Waals surface area contributed by atoms with E-state index in [9.17, 15) is 26.0 Å². The summed E-state index contributed by atoms with van der Waals surface area (Å²) in [5.74, 6) is -0.761. The maximum Gasteiger partial charge on any atom is 0.417 e. The molecule has 0 aliphatic rings. The highest BCUT2D eigenvalue weighted by atomic mass is 35.5. The van der Waals surface area contributed by atoms with Crippen molar-refractivity contribution in [3.8, 4) is 5.75 Å². The van der Waals surface area contributed by atoms with Gasteiger partial charge in [0.1, 0.15) is 11.6 Å². The van der Waals surface area contributed by atoms with E-state index in [-0.39, 0.29) is 40.8 Å². The maximum atomic E-state index is 14.1. The van der Waals surface area contributed by atoms with E-state index in [0.717, 1.165) is 35.6 Å². The summed E-state index contributed by atoms with van der Waals surface area (Å²) in [5.41, 5.74) is 1.54. The fraction of sp³-hybridized carbons (Fsp3) is 0.273. The lowest BCUT2D eigenvalue weighted by Crippen LogP contribution is -2.37. The Bertz CT molecular complexity index is 1580. The Morgan fingerprint density at radius 3 is 2.05 bits per heavy atom. The summed E-state index contributed by atoms with van der Waals surface area (Å²) in [6.07, 6.45) is -3.19. The van der Waals surface area contributed by atoms with Gasteiger partial charge in [-0.3, -0.25) is 4.90 Å². The first-order valence-electron chi connectivity index (χ1n) is 13.6. The molecular formula is C33H32ClF4NO3S. The molecule has 0 saturated heterocycles. The van der Waals surface area contributed by atoms with Crippen LogP contribution in [0.3, 0.4) is 0 Å². The monoisotopic (exact) mass is 633 g/mol. The van der Waals surface area contributed by atoms with Crippen LogP contribution in [0.1, 0.15) is 41.5 Å².